The van der Waals surface area contributed by atoms with E-state index in [1.807, 2.05) is 12.1 Å². The molecule has 1 atom stereocenters. The predicted molar refractivity (Wildman–Crippen MR) is 64.8 cm³/mol. The van der Waals surface area contributed by atoms with Gasteiger partial charge < -0.3 is 4.74 Å². The number of esters is 1. The molecule has 0 saturated heterocycles. The van der Waals surface area contributed by atoms with E-state index in [0.29, 0.717) is 13.0 Å². The van der Waals surface area contributed by atoms with Crippen molar-refractivity contribution >= 4 is 12.2 Å². The maximum atomic E-state index is 12.2. The number of hydrogen-bond acceptors (Lipinski definition) is 4. The van der Waals surface area contributed by atoms with Crippen LogP contribution in [0.1, 0.15) is 18.9 Å². The van der Waals surface area contributed by atoms with Gasteiger partial charge in [0.05, 0.1) is 6.61 Å². The van der Waals surface area contributed by atoms with Gasteiger partial charge in [-0.2, -0.15) is 0 Å². The number of rotatable bonds is 3. The van der Waals surface area contributed by atoms with Crippen molar-refractivity contribution in [3.63, 3.8) is 0 Å². The Morgan fingerprint density at radius 3 is 3.06 bits per heavy atom. The molecule has 0 aromatic carbocycles. The summed E-state index contributed by atoms with van der Waals surface area (Å²) < 4.78 is 5.16. The number of pyridine rings is 1. The second kappa shape index (κ2) is 4.91. The highest BCUT2D eigenvalue weighted by atomic mass is 16.5. The van der Waals surface area contributed by atoms with Crippen LogP contribution in [0.15, 0.2) is 41.8 Å². The molecule has 0 fully saturated rings. The van der Waals surface area contributed by atoms with E-state index in [1.165, 1.54) is 0 Å². The van der Waals surface area contributed by atoms with E-state index in [0.717, 1.165) is 5.56 Å². The van der Waals surface area contributed by atoms with E-state index in [1.54, 1.807) is 37.8 Å². The Balaban J connectivity index is 2.41. The van der Waals surface area contributed by atoms with E-state index < -0.39 is 5.41 Å². The lowest BCUT2D eigenvalue weighted by molar-refractivity contribution is -0.148. The van der Waals surface area contributed by atoms with Gasteiger partial charge in [0, 0.05) is 31.2 Å². The molecule has 4 nitrogen and oxygen atoms in total. The van der Waals surface area contributed by atoms with Gasteiger partial charge >= 0.3 is 5.97 Å². The molecular weight excluding hydrogens is 216 g/mol. The van der Waals surface area contributed by atoms with Crippen LogP contribution in [0.25, 0.3) is 0 Å². The average molecular weight is 230 g/mol. The van der Waals surface area contributed by atoms with Crippen LogP contribution in [-0.4, -0.2) is 23.8 Å². The first kappa shape index (κ1) is 11.5. The molecule has 0 aliphatic carbocycles. The van der Waals surface area contributed by atoms with Crippen LogP contribution >= 0.6 is 0 Å². The lowest BCUT2D eigenvalue weighted by Gasteiger charge is -2.28. The third-order valence-corrected chi connectivity index (χ3v) is 2.78. The zero-order valence-corrected chi connectivity index (χ0v) is 9.67. The molecule has 17 heavy (non-hydrogen) atoms. The number of carbonyl (C=O) groups excluding carboxylic acids is 1. The van der Waals surface area contributed by atoms with Gasteiger partial charge in [0.25, 0.3) is 0 Å². The quantitative estimate of drug-likeness (QED) is 0.745. The summed E-state index contributed by atoms with van der Waals surface area (Å²) in [7, 11) is 0. The molecule has 0 saturated carbocycles. The Bertz CT molecular complexity index is 454. The third-order valence-electron chi connectivity index (χ3n) is 2.78. The first-order valence-electron chi connectivity index (χ1n) is 5.56. The first-order valence-corrected chi connectivity index (χ1v) is 5.56. The highest BCUT2D eigenvalue weighted by molar-refractivity contribution is 5.90. The number of nitrogens with zero attached hydrogens (tertiary/aromatic N) is 2. The van der Waals surface area contributed by atoms with E-state index in [9.17, 15) is 4.79 Å². The zero-order valence-electron chi connectivity index (χ0n) is 9.67. The van der Waals surface area contributed by atoms with Crippen molar-refractivity contribution in [2.24, 2.45) is 4.99 Å². The Morgan fingerprint density at radius 1 is 1.59 bits per heavy atom. The van der Waals surface area contributed by atoms with E-state index in [2.05, 4.69) is 9.98 Å². The molecule has 0 spiro atoms. The molecule has 88 valence electrons. The molecule has 2 heterocycles. The molecule has 0 radical (unpaired) electrons. The molecule has 4 heteroatoms. The number of hydrogen-bond donors (Lipinski definition) is 0. The van der Waals surface area contributed by atoms with Crippen molar-refractivity contribution in [2.75, 3.05) is 6.61 Å². The van der Waals surface area contributed by atoms with Crippen LogP contribution in [0, 0.1) is 0 Å². The Kier molecular flexibility index (Phi) is 3.32. The maximum Gasteiger partial charge on any atom is 0.320 e. The summed E-state index contributed by atoms with van der Waals surface area (Å²) in [6, 6.07) is 3.70. The summed E-state index contributed by atoms with van der Waals surface area (Å²) in [5, 5.41) is 0. The van der Waals surface area contributed by atoms with Crippen LogP contribution in [0.2, 0.25) is 0 Å². The van der Waals surface area contributed by atoms with Crippen LogP contribution < -0.4 is 0 Å². The monoisotopic (exact) mass is 230 g/mol. The Morgan fingerprint density at radius 2 is 2.47 bits per heavy atom. The van der Waals surface area contributed by atoms with E-state index in [4.69, 9.17) is 4.74 Å². The summed E-state index contributed by atoms with van der Waals surface area (Å²) in [6.07, 6.45) is 9.02. The summed E-state index contributed by atoms with van der Waals surface area (Å²) in [4.78, 5) is 20.2. The lowest BCUT2D eigenvalue weighted by Crippen LogP contribution is -2.37. The predicted octanol–water partition coefficient (Wildman–Crippen LogP) is 1.87. The van der Waals surface area contributed by atoms with Gasteiger partial charge in [-0.15, -0.1) is 0 Å². The standard InChI is InChI=1S/C13H14N2O2/c1-2-17-12(16)13(5-8-14-9-6-13)11-4-3-7-15-10-11/h3-5,7-10H,2,6H2,1H3. The minimum atomic E-state index is -0.772. The van der Waals surface area contributed by atoms with Gasteiger partial charge in [-0.1, -0.05) is 6.07 Å². The van der Waals surface area contributed by atoms with Crippen molar-refractivity contribution in [3.05, 3.63) is 42.4 Å². The summed E-state index contributed by atoms with van der Waals surface area (Å²) in [6.45, 7) is 2.17. The maximum absolute atomic E-state index is 12.2. The van der Waals surface area contributed by atoms with Crippen molar-refractivity contribution in [2.45, 2.75) is 18.8 Å². The van der Waals surface area contributed by atoms with E-state index >= 15 is 0 Å². The topological polar surface area (TPSA) is 51.5 Å². The number of carbonyl (C=O) groups is 1. The molecule has 1 aromatic rings. The largest absolute Gasteiger partial charge is 0.465 e. The fourth-order valence-electron chi connectivity index (χ4n) is 1.87. The van der Waals surface area contributed by atoms with Gasteiger partial charge in [-0.25, -0.2) is 0 Å². The second-order valence-electron chi connectivity index (χ2n) is 3.79. The minimum Gasteiger partial charge on any atom is -0.465 e. The van der Waals surface area contributed by atoms with Crippen LogP contribution in [-0.2, 0) is 14.9 Å². The molecular formula is C13H14N2O2. The molecule has 2 rings (SSSR count). The van der Waals surface area contributed by atoms with Crippen molar-refractivity contribution in [1.82, 2.24) is 4.98 Å². The molecule has 1 aromatic heterocycles. The van der Waals surface area contributed by atoms with Crippen molar-refractivity contribution in [3.8, 4) is 0 Å². The lowest BCUT2D eigenvalue weighted by atomic mass is 9.78. The Labute approximate surface area is 100 Å². The smallest absolute Gasteiger partial charge is 0.320 e. The molecule has 1 aliphatic rings. The van der Waals surface area contributed by atoms with Gasteiger partial charge in [-0.05, 0) is 24.6 Å². The van der Waals surface area contributed by atoms with Crippen LogP contribution in [0.3, 0.4) is 0 Å². The highest BCUT2D eigenvalue weighted by Crippen LogP contribution is 2.32. The molecule has 1 unspecified atom stereocenters. The highest BCUT2D eigenvalue weighted by Gasteiger charge is 2.39. The number of aliphatic imine (C=N–C) groups is 1. The summed E-state index contributed by atoms with van der Waals surface area (Å²) in [5.74, 6) is -0.254. The minimum absolute atomic E-state index is 0.254. The Hall–Kier alpha value is -1.97. The third kappa shape index (κ3) is 2.11. The normalized spacial score (nSPS) is 22.4. The van der Waals surface area contributed by atoms with Gasteiger partial charge in [0.2, 0.25) is 0 Å². The molecule has 1 aliphatic heterocycles. The first-order chi connectivity index (χ1) is 8.29. The number of aromatic nitrogens is 1. The fourth-order valence-corrected chi connectivity index (χ4v) is 1.87. The van der Waals surface area contributed by atoms with Gasteiger partial charge in [-0.3, -0.25) is 14.8 Å². The molecule has 0 N–H and O–H groups in total. The van der Waals surface area contributed by atoms with Gasteiger partial charge in [0.15, 0.2) is 0 Å². The van der Waals surface area contributed by atoms with Crippen molar-refractivity contribution in [1.29, 1.82) is 0 Å². The molecule has 0 bridgehead atoms. The zero-order chi connectivity index (χ0) is 12.1. The van der Waals surface area contributed by atoms with E-state index in [-0.39, 0.29) is 5.97 Å². The molecule has 0 amide bonds. The van der Waals surface area contributed by atoms with Crippen LogP contribution in [0.5, 0.6) is 0 Å². The summed E-state index contributed by atoms with van der Waals surface area (Å²) >= 11 is 0. The fraction of sp³-hybridized carbons (Fsp3) is 0.308. The second-order valence-corrected chi connectivity index (χ2v) is 3.79. The van der Waals surface area contributed by atoms with Crippen LogP contribution in [0.4, 0.5) is 0 Å². The average Bonchev–Trinajstić information content (AvgIpc) is 2.41. The summed E-state index contributed by atoms with van der Waals surface area (Å²) in [5.41, 5.74) is 0.0623. The number of ether oxygens (including phenoxy) is 1. The van der Waals surface area contributed by atoms with Crippen molar-refractivity contribution < 1.29 is 9.53 Å². The SMILES string of the molecule is CCOC(=O)C1(c2cccnc2)C=CN=CC1. The van der Waals surface area contributed by atoms with Gasteiger partial charge in [0.1, 0.15) is 5.41 Å².